The summed E-state index contributed by atoms with van der Waals surface area (Å²) in [5.41, 5.74) is 3.02. The van der Waals surface area contributed by atoms with E-state index in [4.69, 9.17) is 0 Å². The van der Waals surface area contributed by atoms with Gasteiger partial charge in [-0.3, -0.25) is 0 Å². The third kappa shape index (κ3) is 3.01. The highest BCUT2D eigenvalue weighted by Crippen LogP contribution is 2.19. The topological polar surface area (TPSA) is 12.4 Å². The predicted molar refractivity (Wildman–Crippen MR) is 76.5 cm³/mol. The van der Waals surface area contributed by atoms with Gasteiger partial charge in [-0.25, -0.2) is 4.99 Å². The highest BCUT2D eigenvalue weighted by atomic mass is 79.9. The van der Waals surface area contributed by atoms with E-state index >= 15 is 0 Å². The monoisotopic (exact) mass is 291 g/mol. The standard InChI is InChI=1S/C13H11BrNP/c14-11-6-8-12(9-7-11)15-13(16)10-4-2-1-3-5-10/h1-9H,16H2. The van der Waals surface area contributed by atoms with Gasteiger partial charge >= 0.3 is 0 Å². The summed E-state index contributed by atoms with van der Waals surface area (Å²) in [5, 5.41) is 0. The molecule has 2 aromatic carbocycles. The summed E-state index contributed by atoms with van der Waals surface area (Å²) in [6, 6.07) is 18.1. The van der Waals surface area contributed by atoms with Gasteiger partial charge in [-0.05, 0) is 29.8 Å². The summed E-state index contributed by atoms with van der Waals surface area (Å²) in [7, 11) is 2.67. The Labute approximate surface area is 106 Å². The maximum atomic E-state index is 4.53. The molecule has 0 aliphatic rings. The third-order valence-electron chi connectivity index (χ3n) is 2.15. The highest BCUT2D eigenvalue weighted by molar-refractivity contribution is 9.10. The second kappa shape index (κ2) is 5.38. The molecule has 1 unspecified atom stereocenters. The minimum absolute atomic E-state index is 0.947. The molecule has 1 nitrogen and oxygen atoms in total. The first kappa shape index (κ1) is 11.5. The van der Waals surface area contributed by atoms with Gasteiger partial charge in [0.25, 0.3) is 0 Å². The fourth-order valence-corrected chi connectivity index (χ4v) is 1.93. The molecule has 0 fully saturated rings. The number of halogens is 1. The molecule has 2 aromatic rings. The minimum atomic E-state index is 0.947. The van der Waals surface area contributed by atoms with E-state index in [-0.39, 0.29) is 0 Å². The zero-order valence-corrected chi connectivity index (χ0v) is 11.3. The zero-order chi connectivity index (χ0) is 11.4. The van der Waals surface area contributed by atoms with Crippen LogP contribution in [0.4, 0.5) is 5.69 Å². The molecule has 0 bridgehead atoms. The summed E-state index contributed by atoms with van der Waals surface area (Å²) < 4.78 is 1.07. The van der Waals surface area contributed by atoms with Gasteiger partial charge < -0.3 is 0 Å². The molecule has 0 saturated carbocycles. The van der Waals surface area contributed by atoms with Crippen LogP contribution in [0, 0.1) is 0 Å². The Kier molecular flexibility index (Phi) is 3.87. The van der Waals surface area contributed by atoms with Gasteiger partial charge in [0.1, 0.15) is 0 Å². The van der Waals surface area contributed by atoms with Gasteiger partial charge in [0, 0.05) is 4.47 Å². The van der Waals surface area contributed by atoms with Gasteiger partial charge in [-0.1, -0.05) is 55.5 Å². The zero-order valence-electron chi connectivity index (χ0n) is 8.60. The van der Waals surface area contributed by atoms with E-state index in [0.29, 0.717) is 0 Å². The highest BCUT2D eigenvalue weighted by Gasteiger charge is 1.96. The van der Waals surface area contributed by atoms with Crippen LogP contribution in [-0.2, 0) is 0 Å². The van der Waals surface area contributed by atoms with Crippen molar-refractivity contribution < 1.29 is 0 Å². The van der Waals surface area contributed by atoms with Crippen LogP contribution in [0.25, 0.3) is 0 Å². The molecule has 0 N–H and O–H groups in total. The Bertz CT molecular complexity index is 491. The first-order valence-corrected chi connectivity index (χ1v) is 6.28. The smallest absolute Gasteiger partial charge is 0.0648 e. The first-order chi connectivity index (χ1) is 7.75. The Morgan fingerprint density at radius 3 is 2.19 bits per heavy atom. The number of nitrogens with zero attached hydrogens (tertiary/aromatic N) is 1. The van der Waals surface area contributed by atoms with Crippen molar-refractivity contribution in [3.63, 3.8) is 0 Å². The van der Waals surface area contributed by atoms with E-state index in [0.717, 1.165) is 21.2 Å². The SMILES string of the molecule is PC(=Nc1ccc(Br)cc1)c1ccccc1. The number of rotatable bonds is 2. The average Bonchev–Trinajstić information content (AvgIpc) is 2.33. The van der Waals surface area contributed by atoms with Crippen molar-refractivity contribution in [3.8, 4) is 0 Å². The van der Waals surface area contributed by atoms with Crippen LogP contribution in [-0.4, -0.2) is 5.45 Å². The molecule has 2 rings (SSSR count). The van der Waals surface area contributed by atoms with Crippen LogP contribution < -0.4 is 0 Å². The Morgan fingerprint density at radius 2 is 1.56 bits per heavy atom. The Morgan fingerprint density at radius 1 is 0.938 bits per heavy atom. The largest absolute Gasteiger partial charge is 0.249 e. The second-order valence-corrected chi connectivity index (χ2v) is 4.80. The van der Waals surface area contributed by atoms with Crippen molar-refractivity contribution in [1.29, 1.82) is 0 Å². The van der Waals surface area contributed by atoms with Crippen LogP contribution in [0.2, 0.25) is 0 Å². The fraction of sp³-hybridized carbons (Fsp3) is 0. The van der Waals surface area contributed by atoms with Gasteiger partial charge in [0.15, 0.2) is 0 Å². The van der Waals surface area contributed by atoms with Crippen molar-refractivity contribution in [1.82, 2.24) is 0 Å². The molecular weight excluding hydrogens is 281 g/mol. The van der Waals surface area contributed by atoms with Gasteiger partial charge in [0.05, 0.1) is 11.1 Å². The van der Waals surface area contributed by atoms with E-state index < -0.39 is 0 Å². The van der Waals surface area contributed by atoms with Gasteiger partial charge in [-0.2, -0.15) is 0 Å². The molecular formula is C13H11BrNP. The third-order valence-corrected chi connectivity index (χ3v) is 3.14. The van der Waals surface area contributed by atoms with E-state index in [2.05, 4.69) is 30.2 Å². The molecule has 0 saturated heterocycles. The molecule has 0 aliphatic carbocycles. The lowest BCUT2D eigenvalue weighted by molar-refractivity contribution is 1.50. The van der Waals surface area contributed by atoms with Crippen LogP contribution in [0.15, 0.2) is 64.1 Å². The van der Waals surface area contributed by atoms with Crippen LogP contribution in [0.5, 0.6) is 0 Å². The molecule has 0 spiro atoms. The normalized spacial score (nSPS) is 11.5. The number of hydrogen-bond acceptors (Lipinski definition) is 1. The van der Waals surface area contributed by atoms with Crippen molar-refractivity contribution in [3.05, 3.63) is 64.6 Å². The predicted octanol–water partition coefficient (Wildman–Crippen LogP) is 4.40. The molecule has 0 aromatic heterocycles. The summed E-state index contributed by atoms with van der Waals surface area (Å²) in [5.74, 6) is 0. The molecule has 3 heteroatoms. The average molecular weight is 292 g/mol. The first-order valence-electron chi connectivity index (χ1n) is 4.91. The lowest BCUT2D eigenvalue weighted by atomic mass is 10.2. The summed E-state index contributed by atoms with van der Waals surface area (Å²) in [6.45, 7) is 0. The van der Waals surface area contributed by atoms with Crippen molar-refractivity contribution in [2.45, 2.75) is 0 Å². The second-order valence-electron chi connectivity index (χ2n) is 3.34. The summed E-state index contributed by atoms with van der Waals surface area (Å²) in [6.07, 6.45) is 0. The van der Waals surface area contributed by atoms with Crippen LogP contribution >= 0.6 is 25.2 Å². The Balaban J connectivity index is 2.28. The number of hydrogen-bond donors (Lipinski definition) is 0. The quantitative estimate of drug-likeness (QED) is 0.574. The summed E-state index contributed by atoms with van der Waals surface area (Å²) in [4.78, 5) is 4.53. The fourth-order valence-electron chi connectivity index (χ4n) is 1.33. The molecule has 0 aliphatic heterocycles. The Hall–Kier alpha value is -0.980. The maximum Gasteiger partial charge on any atom is 0.0648 e. The maximum absolute atomic E-state index is 4.53. The molecule has 80 valence electrons. The number of benzene rings is 2. The van der Waals surface area contributed by atoms with E-state index in [1.54, 1.807) is 0 Å². The summed E-state index contributed by atoms with van der Waals surface area (Å²) >= 11 is 3.40. The van der Waals surface area contributed by atoms with Crippen LogP contribution in [0.1, 0.15) is 5.56 Å². The van der Waals surface area contributed by atoms with Crippen molar-refractivity contribution in [2.75, 3.05) is 0 Å². The van der Waals surface area contributed by atoms with E-state index in [1.165, 1.54) is 0 Å². The molecule has 0 radical (unpaired) electrons. The van der Waals surface area contributed by atoms with E-state index in [1.807, 2.05) is 54.6 Å². The molecule has 16 heavy (non-hydrogen) atoms. The van der Waals surface area contributed by atoms with E-state index in [9.17, 15) is 0 Å². The van der Waals surface area contributed by atoms with Crippen molar-refractivity contribution in [2.24, 2.45) is 4.99 Å². The molecule has 0 amide bonds. The van der Waals surface area contributed by atoms with Crippen molar-refractivity contribution >= 4 is 36.3 Å². The molecule has 0 heterocycles. The molecule has 1 atom stereocenters. The minimum Gasteiger partial charge on any atom is -0.249 e. The van der Waals surface area contributed by atoms with Crippen LogP contribution in [0.3, 0.4) is 0 Å². The lowest BCUT2D eigenvalue weighted by Crippen LogP contribution is -1.87. The number of aliphatic imine (C=N–C) groups is 1. The van der Waals surface area contributed by atoms with Gasteiger partial charge in [-0.15, -0.1) is 0 Å². The lowest BCUT2D eigenvalue weighted by Gasteiger charge is -2.00. The van der Waals surface area contributed by atoms with Gasteiger partial charge in [0.2, 0.25) is 0 Å².